The molecule has 4 aromatic rings. The molecule has 172 valence electrons. The number of carbonyl (C=O) groups is 1. The summed E-state index contributed by atoms with van der Waals surface area (Å²) in [5.74, 6) is 1.17. The Morgan fingerprint density at radius 2 is 1.68 bits per heavy atom. The van der Waals surface area contributed by atoms with E-state index in [4.69, 9.17) is 9.47 Å². The molecule has 0 atom stereocenters. The molecule has 1 amide bonds. The molecule has 1 fully saturated rings. The topological polar surface area (TPSA) is 73.7 Å². The van der Waals surface area contributed by atoms with Crippen LogP contribution in [0.4, 0.5) is 0 Å². The standard InChI is InChI=1S/C27H25N3O4/c1-33-21-14-15-24(34-2)18(16-21)17-29(19-12-13-19)27(32)25-22-10-6-7-11-23(22)26(31)30(28-25)20-8-4-3-5-9-20/h3-11,14-16,19H,12-13,17H2,1-2H3. The van der Waals surface area contributed by atoms with E-state index in [1.54, 1.807) is 44.6 Å². The van der Waals surface area contributed by atoms with Gasteiger partial charge in [0.25, 0.3) is 11.5 Å². The first kappa shape index (κ1) is 21.7. The Balaban J connectivity index is 1.62. The molecule has 34 heavy (non-hydrogen) atoms. The molecule has 3 aromatic carbocycles. The van der Waals surface area contributed by atoms with Gasteiger partial charge in [0.2, 0.25) is 0 Å². The maximum atomic E-state index is 14.0. The lowest BCUT2D eigenvalue weighted by Gasteiger charge is -2.24. The van der Waals surface area contributed by atoms with E-state index in [1.807, 2.05) is 47.4 Å². The maximum absolute atomic E-state index is 14.0. The predicted molar refractivity (Wildman–Crippen MR) is 130 cm³/mol. The summed E-state index contributed by atoms with van der Waals surface area (Å²) in [5, 5.41) is 5.58. The van der Waals surface area contributed by atoms with Gasteiger partial charge in [0, 0.05) is 17.0 Å². The third kappa shape index (κ3) is 4.01. The van der Waals surface area contributed by atoms with Gasteiger partial charge in [0.1, 0.15) is 11.5 Å². The summed E-state index contributed by atoms with van der Waals surface area (Å²) >= 11 is 0. The lowest BCUT2D eigenvalue weighted by molar-refractivity contribution is 0.0723. The minimum absolute atomic E-state index is 0.112. The highest BCUT2D eigenvalue weighted by atomic mass is 16.5. The minimum atomic E-state index is -0.259. The molecule has 0 radical (unpaired) electrons. The van der Waals surface area contributed by atoms with Crippen LogP contribution in [0.2, 0.25) is 0 Å². The van der Waals surface area contributed by atoms with Crippen LogP contribution in [-0.4, -0.2) is 40.8 Å². The SMILES string of the molecule is COc1ccc(OC)c(CN(C(=O)c2nn(-c3ccccc3)c(=O)c3ccccc23)C2CC2)c1. The molecule has 1 saturated carbocycles. The molecule has 0 spiro atoms. The van der Waals surface area contributed by atoms with E-state index in [1.165, 1.54) is 4.68 Å². The maximum Gasteiger partial charge on any atom is 0.279 e. The average Bonchev–Trinajstić information content (AvgIpc) is 3.73. The molecule has 7 heteroatoms. The van der Waals surface area contributed by atoms with Gasteiger partial charge in [-0.25, -0.2) is 0 Å². The van der Waals surface area contributed by atoms with E-state index < -0.39 is 0 Å². The quantitative estimate of drug-likeness (QED) is 0.417. The normalized spacial score (nSPS) is 13.0. The fourth-order valence-corrected chi connectivity index (χ4v) is 4.17. The first-order valence-corrected chi connectivity index (χ1v) is 11.2. The molecular weight excluding hydrogens is 430 g/mol. The van der Waals surface area contributed by atoms with Gasteiger partial charge in [-0.15, -0.1) is 0 Å². The Kier molecular flexibility index (Phi) is 5.76. The van der Waals surface area contributed by atoms with Crippen LogP contribution in [-0.2, 0) is 6.54 Å². The molecule has 0 aliphatic heterocycles. The van der Waals surface area contributed by atoms with Crippen LogP contribution >= 0.6 is 0 Å². The van der Waals surface area contributed by atoms with Gasteiger partial charge in [-0.2, -0.15) is 9.78 Å². The van der Waals surface area contributed by atoms with Crippen molar-refractivity contribution < 1.29 is 14.3 Å². The molecule has 1 heterocycles. The van der Waals surface area contributed by atoms with Crippen LogP contribution in [0.3, 0.4) is 0 Å². The van der Waals surface area contributed by atoms with Crippen molar-refractivity contribution in [1.82, 2.24) is 14.7 Å². The number of benzene rings is 3. The Morgan fingerprint density at radius 1 is 0.971 bits per heavy atom. The predicted octanol–water partition coefficient (Wildman–Crippen LogP) is 4.21. The summed E-state index contributed by atoms with van der Waals surface area (Å²) in [6, 6.07) is 22.0. The molecule has 0 unspecified atom stereocenters. The number of para-hydroxylation sites is 1. The number of carbonyl (C=O) groups excluding carboxylic acids is 1. The third-order valence-corrected chi connectivity index (χ3v) is 6.09. The van der Waals surface area contributed by atoms with E-state index in [2.05, 4.69) is 5.10 Å². The van der Waals surface area contributed by atoms with Gasteiger partial charge in [-0.1, -0.05) is 36.4 Å². The van der Waals surface area contributed by atoms with E-state index in [-0.39, 0.29) is 23.2 Å². The van der Waals surface area contributed by atoms with E-state index >= 15 is 0 Å². The summed E-state index contributed by atoms with van der Waals surface area (Å²) in [6.07, 6.45) is 1.85. The first-order valence-electron chi connectivity index (χ1n) is 11.2. The average molecular weight is 456 g/mol. The zero-order valence-electron chi connectivity index (χ0n) is 19.1. The zero-order valence-corrected chi connectivity index (χ0v) is 19.1. The van der Waals surface area contributed by atoms with Crippen LogP contribution in [0, 0.1) is 0 Å². The molecule has 7 nitrogen and oxygen atoms in total. The molecule has 0 saturated heterocycles. The molecule has 0 N–H and O–H groups in total. The molecule has 0 bridgehead atoms. The number of ether oxygens (including phenoxy) is 2. The number of methoxy groups -OCH3 is 2. The highest BCUT2D eigenvalue weighted by Gasteiger charge is 2.35. The van der Waals surface area contributed by atoms with Gasteiger partial charge < -0.3 is 14.4 Å². The number of rotatable bonds is 7. The second kappa shape index (κ2) is 9.02. The largest absolute Gasteiger partial charge is 0.497 e. The molecule has 5 rings (SSSR count). The van der Waals surface area contributed by atoms with E-state index in [0.717, 1.165) is 18.4 Å². The van der Waals surface area contributed by atoms with Gasteiger partial charge in [0.15, 0.2) is 5.69 Å². The van der Waals surface area contributed by atoms with Crippen LogP contribution in [0.25, 0.3) is 16.5 Å². The molecule has 1 aliphatic rings. The third-order valence-electron chi connectivity index (χ3n) is 6.09. The van der Waals surface area contributed by atoms with Gasteiger partial charge in [-0.05, 0) is 49.2 Å². The Hall–Kier alpha value is -4.13. The lowest BCUT2D eigenvalue weighted by atomic mass is 10.1. The van der Waals surface area contributed by atoms with Crippen molar-refractivity contribution in [3.63, 3.8) is 0 Å². The summed E-state index contributed by atoms with van der Waals surface area (Å²) in [6.45, 7) is 0.352. The molecule has 1 aliphatic carbocycles. The van der Waals surface area contributed by atoms with Crippen molar-refractivity contribution in [3.8, 4) is 17.2 Å². The highest BCUT2D eigenvalue weighted by molar-refractivity contribution is 6.05. The number of fused-ring (bicyclic) bond motifs is 1. The van der Waals surface area contributed by atoms with E-state index in [9.17, 15) is 9.59 Å². The lowest BCUT2D eigenvalue weighted by Crippen LogP contribution is -2.35. The second-order valence-electron chi connectivity index (χ2n) is 8.29. The summed E-state index contributed by atoms with van der Waals surface area (Å²) in [5.41, 5.74) is 1.46. The van der Waals surface area contributed by atoms with Crippen molar-refractivity contribution in [1.29, 1.82) is 0 Å². The van der Waals surface area contributed by atoms with Gasteiger partial charge in [-0.3, -0.25) is 9.59 Å². The number of hydrogen-bond donors (Lipinski definition) is 0. The second-order valence-corrected chi connectivity index (χ2v) is 8.29. The van der Waals surface area contributed by atoms with Gasteiger partial charge >= 0.3 is 0 Å². The molecule has 1 aromatic heterocycles. The zero-order chi connectivity index (χ0) is 23.7. The summed E-state index contributed by atoms with van der Waals surface area (Å²) < 4.78 is 12.2. The Bertz CT molecular complexity index is 1410. The Morgan fingerprint density at radius 3 is 2.35 bits per heavy atom. The monoisotopic (exact) mass is 455 g/mol. The van der Waals surface area contributed by atoms with Crippen LogP contribution < -0.4 is 15.0 Å². The van der Waals surface area contributed by atoms with Crippen molar-refractivity contribution in [2.45, 2.75) is 25.4 Å². The van der Waals surface area contributed by atoms with Crippen LogP contribution in [0.5, 0.6) is 11.5 Å². The highest BCUT2D eigenvalue weighted by Crippen LogP contribution is 2.33. The molecular formula is C27H25N3O4. The summed E-state index contributed by atoms with van der Waals surface area (Å²) in [7, 11) is 3.22. The Labute approximate surface area is 197 Å². The number of nitrogens with zero attached hydrogens (tertiary/aromatic N) is 3. The fraction of sp³-hybridized carbons (Fsp3) is 0.222. The van der Waals surface area contributed by atoms with Crippen LogP contribution in [0.1, 0.15) is 28.9 Å². The van der Waals surface area contributed by atoms with Gasteiger partial charge in [0.05, 0.1) is 31.8 Å². The first-order chi connectivity index (χ1) is 16.6. The van der Waals surface area contributed by atoms with Crippen molar-refractivity contribution in [3.05, 3.63) is 94.4 Å². The summed E-state index contributed by atoms with van der Waals surface area (Å²) in [4.78, 5) is 29.0. The number of amides is 1. The number of hydrogen-bond acceptors (Lipinski definition) is 5. The fourth-order valence-electron chi connectivity index (χ4n) is 4.17. The van der Waals surface area contributed by atoms with Crippen LogP contribution in [0.15, 0.2) is 77.6 Å². The van der Waals surface area contributed by atoms with E-state index in [0.29, 0.717) is 34.5 Å². The number of aromatic nitrogens is 2. The van der Waals surface area contributed by atoms with Crippen molar-refractivity contribution in [2.24, 2.45) is 0 Å². The minimum Gasteiger partial charge on any atom is -0.497 e. The smallest absolute Gasteiger partial charge is 0.279 e. The van der Waals surface area contributed by atoms with Crippen molar-refractivity contribution in [2.75, 3.05) is 14.2 Å². The van der Waals surface area contributed by atoms with Crippen molar-refractivity contribution >= 4 is 16.7 Å².